The number of rotatable bonds is 0. The van der Waals surface area contributed by atoms with E-state index in [2.05, 4.69) is 222 Å². The minimum Gasteiger partial charge on any atom is 2.00 e. The monoisotopic (exact) mass is 2240 g/mol. The van der Waals surface area contributed by atoms with Gasteiger partial charge in [-0.3, -0.25) is 0 Å². The van der Waals surface area contributed by atoms with Gasteiger partial charge in [-0.1, -0.05) is 395 Å². The summed E-state index contributed by atoms with van der Waals surface area (Å²) in [6.45, 7) is 90.6. The Balaban J connectivity index is -0.0000000462. The standard InChI is InChI=1S/5C10H20.C9H18.C8H16.2C5H10.3C4H8O.2C2H6.CCl4.3CH4.9CH3.8ClH.O.5V/c5*1-6-7(2)9(4)10(5)8(6)3;1-6-5-7(2)9(4)8(6)3;1-6-4-5-7(2)8(6)3;5*1-2-4-5-3-1;2*1-2;2-1(3,4)5;;;;;;;;;;;;;;;;;;;;;;;;;;/h5*6-10H,1-5H3;6-9H,5H2,1-4H3;6-8H,4-5H2,1-3H3;2*1-5H2;3*1-4H2;2*1-2H3;;3*1H4;9*1H3;8*1H;;;;;;/q;;;;;;;;;;;;;;;;;;9*-1;;;;;;;;;;;4*+2/p-6. The molecule has 6 unspecified atom stereocenters. The first kappa shape index (κ1) is 188. The molecule has 12 aliphatic rings. The van der Waals surface area contributed by atoms with Crippen molar-refractivity contribution in [3.8, 4) is 0 Å². The van der Waals surface area contributed by atoms with Gasteiger partial charge in [-0.15, -0.1) is 24.8 Å². The number of halogens is 12. The molecule has 4 nitrogen and oxygen atoms in total. The molecule has 0 bridgehead atoms. The SMILES string of the molecule is C.C.C.C1CCCC1.C1CCCC1.C1CCOC1.C1CCOC1.C1CCOC1.CC.CC.CC1C(C)C(C)C(C)C1C.CC1C(C)C(C)C(C)C1C.CC1C(C)C(C)C(C)C1C.CC1C(C)C(C)C(C)C1C.CC1C(C)C(C)C(C)C1C.CC1CC(C)C(C)C1C.CC1CCC(C)C1C.Cl.Cl.ClC(Cl)(Cl)Cl.[CH3-].[CH3-].[CH3-].[CH3-].[CH3-].[CH3-].[CH3-].[CH3-].[CH3-].[Cl][V][Cl].[Cl][V][Cl].[Cl][V][Cl].[O]=[V].[V+2]. The van der Waals surface area contributed by atoms with E-state index in [0.29, 0.717) is 0 Å². The van der Waals surface area contributed by atoms with Crippen LogP contribution in [0.2, 0.25) is 0 Å². The maximum absolute atomic E-state index is 8.19. The van der Waals surface area contributed by atoms with Crippen molar-refractivity contribution < 1.29 is 96.9 Å². The molecular weight excluding hydrogens is 2020 g/mol. The molecule has 12 fully saturated rings. The quantitative estimate of drug-likeness (QED) is 0.179. The third-order valence-corrected chi connectivity index (χ3v) is 32.0. The summed E-state index contributed by atoms with van der Waals surface area (Å²) in [6, 6.07) is 0. The second-order valence-electron chi connectivity index (χ2n) is 36.9. The van der Waals surface area contributed by atoms with E-state index in [0.717, 1.165) is 246 Å². The van der Waals surface area contributed by atoms with Gasteiger partial charge in [-0.2, -0.15) is 0 Å². The molecular formula is C106H231Cl12O4V5-7. The topological polar surface area (TPSA) is 44.8 Å². The van der Waals surface area contributed by atoms with Crippen LogP contribution < -0.4 is 0 Å². The van der Waals surface area contributed by atoms with Crippen molar-refractivity contribution in [2.24, 2.45) is 189 Å². The van der Waals surface area contributed by atoms with Crippen LogP contribution in [0.25, 0.3) is 0 Å². The molecule has 3 aliphatic heterocycles. The summed E-state index contributed by atoms with van der Waals surface area (Å²) >= 11 is 19.3. The Kier molecular flexibility index (Phi) is 174. The van der Waals surface area contributed by atoms with Gasteiger partial charge in [-0.25, -0.2) is 0 Å². The largest absolute Gasteiger partial charge is 2.00 e. The van der Waals surface area contributed by atoms with Crippen LogP contribution in [-0.2, 0) is 96.9 Å². The first-order valence-corrected chi connectivity index (χ1v) is 59.4. The second-order valence-corrected chi connectivity index (χ2v) is 47.2. The first-order valence-electron chi connectivity index (χ1n) is 45.8. The Morgan fingerprint density at radius 2 is 0.299 bits per heavy atom. The summed E-state index contributed by atoms with van der Waals surface area (Å²) in [7, 11) is 29.1. The summed E-state index contributed by atoms with van der Waals surface area (Å²) in [4.78, 5) is 0. The van der Waals surface area contributed by atoms with Gasteiger partial charge in [0, 0.05) is 39.6 Å². The normalized spacial score (nSPS) is 34.2. The molecule has 6 atom stereocenters. The van der Waals surface area contributed by atoms with Gasteiger partial charge in [0.1, 0.15) is 0 Å². The molecule has 3 heterocycles. The number of hydrogen-bond acceptors (Lipinski definition) is 4. The Morgan fingerprint density at radius 3 is 0.339 bits per heavy atom. The van der Waals surface area contributed by atoms with Gasteiger partial charge in [0.25, 0.3) is 3.25 Å². The summed E-state index contributed by atoms with van der Waals surface area (Å²) in [5.74, 6) is 30.2. The molecule has 0 N–H and O–H groups in total. The zero-order valence-electron chi connectivity index (χ0n) is 90.1. The van der Waals surface area contributed by atoms with E-state index in [1.807, 2.05) is 27.7 Å². The molecule has 3 saturated heterocycles. The van der Waals surface area contributed by atoms with E-state index in [1.165, 1.54) is 122 Å². The number of hydrogen-bond donors (Lipinski definition) is 0. The van der Waals surface area contributed by atoms with Crippen LogP contribution in [0.5, 0.6) is 0 Å². The van der Waals surface area contributed by atoms with Crippen molar-refractivity contribution in [3.63, 3.8) is 0 Å². The predicted octanol–water partition coefficient (Wildman–Crippen LogP) is 43.2. The molecule has 0 amide bonds. The average molecular weight is 2250 g/mol. The van der Waals surface area contributed by atoms with Gasteiger partial charge >= 0.3 is 142 Å². The van der Waals surface area contributed by atoms with Gasteiger partial charge in [-0.05, 0) is 234 Å². The zero-order valence-corrected chi connectivity index (χ0v) is 106. The Labute approximate surface area is 910 Å². The van der Waals surface area contributed by atoms with E-state index in [4.69, 9.17) is 123 Å². The van der Waals surface area contributed by atoms with Crippen molar-refractivity contribution in [2.75, 3.05) is 39.6 Å². The van der Waals surface area contributed by atoms with Gasteiger partial charge in [0.05, 0.1) is 0 Å². The molecule has 21 heteroatoms. The Hall–Kier alpha value is 6.08. The van der Waals surface area contributed by atoms with E-state index in [-0.39, 0.29) is 176 Å². The summed E-state index contributed by atoms with van der Waals surface area (Å²) in [6.07, 6.45) is 27.0. The van der Waals surface area contributed by atoms with Crippen LogP contribution in [-0.4, -0.2) is 42.9 Å². The minimum absolute atomic E-state index is 0. The number of alkyl halides is 4. The van der Waals surface area contributed by atoms with Crippen LogP contribution in [0.3, 0.4) is 0 Å². The first-order chi connectivity index (χ1) is 52.4. The Bertz CT molecular complexity index is 1450. The fourth-order valence-electron chi connectivity index (χ4n) is 18.9. The molecule has 0 aromatic rings. The molecule has 9 saturated carbocycles. The van der Waals surface area contributed by atoms with Crippen LogP contribution in [0, 0.1) is 256 Å². The third kappa shape index (κ3) is 87.2. The van der Waals surface area contributed by atoms with Gasteiger partial charge in [0.15, 0.2) is 0 Å². The average Bonchev–Trinajstić information content (AvgIpc) is 1.69. The zero-order chi connectivity index (χ0) is 88.9. The fourth-order valence-corrected chi connectivity index (χ4v) is 18.9. The smallest absolute Gasteiger partial charge is 2.00 e. The molecule has 1 radical (unpaired) electrons. The molecule has 795 valence electrons. The van der Waals surface area contributed by atoms with Crippen molar-refractivity contribution in [1.29, 1.82) is 0 Å². The third-order valence-electron chi connectivity index (χ3n) is 32.0. The maximum Gasteiger partial charge on any atom is 2.00 e. The van der Waals surface area contributed by atoms with Crippen LogP contribution >= 0.6 is 130 Å². The van der Waals surface area contributed by atoms with Crippen molar-refractivity contribution in [3.05, 3.63) is 66.8 Å². The maximum atomic E-state index is 8.19. The van der Waals surface area contributed by atoms with Crippen molar-refractivity contribution >= 4 is 130 Å². The van der Waals surface area contributed by atoms with Crippen LogP contribution in [0.4, 0.5) is 0 Å². The van der Waals surface area contributed by atoms with E-state index in [1.54, 1.807) is 0 Å². The second kappa shape index (κ2) is 117. The predicted molar refractivity (Wildman–Crippen MR) is 590 cm³/mol. The molecule has 12 rings (SSSR count). The van der Waals surface area contributed by atoms with Gasteiger partial charge in [0.2, 0.25) is 0 Å². The molecule has 127 heavy (non-hydrogen) atoms. The van der Waals surface area contributed by atoms with Crippen LogP contribution in [0.15, 0.2) is 0 Å². The molecule has 0 aromatic heterocycles. The minimum atomic E-state index is -1.61. The summed E-state index contributed by atoms with van der Waals surface area (Å²) in [5.41, 5.74) is 0. The van der Waals surface area contributed by atoms with Crippen LogP contribution in [0.1, 0.15) is 394 Å². The van der Waals surface area contributed by atoms with Gasteiger partial charge < -0.3 is 81.1 Å². The molecule has 0 aromatic carbocycles. The van der Waals surface area contributed by atoms with Crippen molar-refractivity contribution in [2.45, 2.75) is 397 Å². The summed E-state index contributed by atoms with van der Waals surface area (Å²) < 4.78 is 21.4. The van der Waals surface area contributed by atoms with E-state index < -0.39 is 3.25 Å². The van der Waals surface area contributed by atoms with E-state index in [9.17, 15) is 0 Å². The molecule has 0 spiro atoms. The number of ether oxygens (including phenoxy) is 3. The Morgan fingerprint density at radius 1 is 0.213 bits per heavy atom. The molecule has 9 aliphatic carbocycles. The fraction of sp³-hybridized carbons (Fsp3) is 0.915. The van der Waals surface area contributed by atoms with E-state index >= 15 is 0 Å². The summed E-state index contributed by atoms with van der Waals surface area (Å²) in [5, 5.41) is 0. The van der Waals surface area contributed by atoms with Crippen molar-refractivity contribution in [1.82, 2.24) is 0 Å².